The van der Waals surface area contributed by atoms with Crippen molar-refractivity contribution < 1.29 is 9.53 Å². The molecule has 0 fully saturated rings. The lowest BCUT2D eigenvalue weighted by Gasteiger charge is -2.24. The average molecular weight is 202 g/mol. The van der Waals surface area contributed by atoms with Crippen molar-refractivity contribution in [2.24, 2.45) is 0 Å². The smallest absolute Gasteiger partial charge is 0.265 e. The minimum absolute atomic E-state index is 0.112. The fourth-order valence-electron chi connectivity index (χ4n) is 1.48. The van der Waals surface area contributed by atoms with Crippen LogP contribution in [-0.2, 0) is 11.1 Å². The van der Waals surface area contributed by atoms with Crippen molar-refractivity contribution in [2.75, 3.05) is 5.32 Å². The van der Waals surface area contributed by atoms with Crippen LogP contribution in [0.5, 0.6) is 5.75 Å². The van der Waals surface area contributed by atoms with Gasteiger partial charge in [0.05, 0.1) is 19.7 Å². The van der Waals surface area contributed by atoms with Gasteiger partial charge in [0.15, 0.2) is 11.9 Å². The van der Waals surface area contributed by atoms with Gasteiger partial charge in [-0.15, -0.1) is 0 Å². The minimum Gasteiger partial charge on any atom is -0.477 e. The summed E-state index contributed by atoms with van der Waals surface area (Å²) in [5.74, 6) is 0.498. The number of aromatic nitrogens is 1. The van der Waals surface area contributed by atoms with Crippen LogP contribution in [0.25, 0.3) is 0 Å². The molecule has 1 aromatic heterocycles. The number of anilines is 1. The second-order valence-electron chi connectivity index (χ2n) is 3.38. The normalized spacial score (nSPS) is 19.0. The Morgan fingerprint density at radius 2 is 2.47 bits per heavy atom. The largest absolute Gasteiger partial charge is 0.477 e. The van der Waals surface area contributed by atoms with Crippen LogP contribution in [0.2, 0.25) is 0 Å². The summed E-state index contributed by atoms with van der Waals surface area (Å²) in [5.41, 5.74) is 1.38. The summed E-state index contributed by atoms with van der Waals surface area (Å²) in [5, 5.41) is 2.78. The van der Waals surface area contributed by atoms with Crippen LogP contribution < -0.4 is 10.1 Å². The SMILES string of the molecule is [B]Cc1cc2c(cn1)OC(CC)C(=O)N2. The standard InChI is InChI=1S/C10H11BN2O2/c1-2-8-10(14)13-7-3-6(4-11)12-5-9(7)15-8/h3,5,8H,2,4H2,1H3,(H,13,14). The van der Waals surface area contributed by atoms with Crippen LogP contribution in [0.15, 0.2) is 12.3 Å². The Balaban J connectivity index is 2.32. The number of ether oxygens (including phenoxy) is 1. The number of hydrogen-bond donors (Lipinski definition) is 1. The van der Waals surface area contributed by atoms with E-state index in [1.807, 2.05) is 6.92 Å². The Morgan fingerprint density at radius 1 is 1.67 bits per heavy atom. The predicted octanol–water partition coefficient (Wildman–Crippen LogP) is 0.860. The third kappa shape index (κ3) is 1.82. The Kier molecular flexibility index (Phi) is 2.62. The van der Waals surface area contributed by atoms with Gasteiger partial charge in [-0.1, -0.05) is 6.92 Å². The predicted molar refractivity (Wildman–Crippen MR) is 57.0 cm³/mol. The first-order valence-corrected chi connectivity index (χ1v) is 4.91. The summed E-state index contributed by atoms with van der Waals surface area (Å²) in [4.78, 5) is 15.6. The molecule has 0 aliphatic carbocycles. The minimum atomic E-state index is -0.414. The highest BCUT2D eigenvalue weighted by Crippen LogP contribution is 2.29. The number of nitrogens with one attached hydrogen (secondary N) is 1. The summed E-state index contributed by atoms with van der Waals surface area (Å²) in [6.07, 6.45) is 2.17. The molecule has 1 aromatic rings. The Labute approximate surface area is 89.4 Å². The Bertz CT molecular complexity index is 395. The fraction of sp³-hybridized carbons (Fsp3) is 0.400. The molecule has 1 N–H and O–H groups in total. The van der Waals surface area contributed by atoms with E-state index in [4.69, 9.17) is 12.6 Å². The zero-order chi connectivity index (χ0) is 10.8. The monoisotopic (exact) mass is 202 g/mol. The van der Waals surface area contributed by atoms with Crippen LogP contribution in [0.4, 0.5) is 5.69 Å². The summed E-state index contributed by atoms with van der Waals surface area (Å²) < 4.78 is 5.48. The number of fused-ring (bicyclic) bond motifs is 1. The van der Waals surface area contributed by atoms with E-state index in [2.05, 4.69) is 10.3 Å². The number of carbonyl (C=O) groups is 1. The highest BCUT2D eigenvalue weighted by atomic mass is 16.5. The van der Waals surface area contributed by atoms with Gasteiger partial charge in [0, 0.05) is 5.69 Å². The summed E-state index contributed by atoms with van der Waals surface area (Å²) >= 11 is 0. The molecule has 15 heavy (non-hydrogen) atoms. The van der Waals surface area contributed by atoms with Crippen molar-refractivity contribution in [3.63, 3.8) is 0 Å². The molecule has 1 atom stereocenters. The second-order valence-corrected chi connectivity index (χ2v) is 3.38. The van der Waals surface area contributed by atoms with E-state index < -0.39 is 6.10 Å². The lowest BCUT2D eigenvalue weighted by atomic mass is 10.0. The van der Waals surface area contributed by atoms with Gasteiger partial charge in [0.2, 0.25) is 0 Å². The van der Waals surface area contributed by atoms with E-state index >= 15 is 0 Å². The highest BCUT2D eigenvalue weighted by Gasteiger charge is 2.26. The van der Waals surface area contributed by atoms with Crippen molar-refractivity contribution in [1.82, 2.24) is 4.98 Å². The van der Waals surface area contributed by atoms with E-state index in [0.717, 1.165) is 5.69 Å². The van der Waals surface area contributed by atoms with Gasteiger partial charge >= 0.3 is 0 Å². The van der Waals surface area contributed by atoms with E-state index in [9.17, 15) is 4.79 Å². The molecule has 5 heteroatoms. The second kappa shape index (κ2) is 3.92. The van der Waals surface area contributed by atoms with Crippen molar-refractivity contribution in [1.29, 1.82) is 0 Å². The molecular weight excluding hydrogens is 191 g/mol. The average Bonchev–Trinajstić information content (AvgIpc) is 2.27. The molecule has 0 saturated carbocycles. The van der Waals surface area contributed by atoms with Crippen LogP contribution in [0, 0.1) is 0 Å². The third-order valence-electron chi connectivity index (χ3n) is 2.32. The first-order valence-electron chi connectivity index (χ1n) is 4.91. The van der Waals surface area contributed by atoms with Gasteiger partial charge in [-0.3, -0.25) is 9.78 Å². The van der Waals surface area contributed by atoms with E-state index in [1.165, 1.54) is 0 Å². The molecule has 0 aromatic carbocycles. The molecule has 76 valence electrons. The topological polar surface area (TPSA) is 51.2 Å². The van der Waals surface area contributed by atoms with Crippen LogP contribution in [0.3, 0.4) is 0 Å². The summed E-state index contributed by atoms with van der Waals surface area (Å²) in [6.45, 7) is 1.90. The molecule has 0 bridgehead atoms. The third-order valence-corrected chi connectivity index (χ3v) is 2.32. The maximum absolute atomic E-state index is 11.5. The molecule has 1 aliphatic heterocycles. The Hall–Kier alpha value is -1.52. The Morgan fingerprint density at radius 3 is 3.13 bits per heavy atom. The van der Waals surface area contributed by atoms with Gasteiger partial charge in [0.1, 0.15) is 0 Å². The zero-order valence-corrected chi connectivity index (χ0v) is 8.49. The van der Waals surface area contributed by atoms with Gasteiger partial charge in [-0.05, 0) is 18.8 Å². The van der Waals surface area contributed by atoms with Crippen molar-refractivity contribution in [3.05, 3.63) is 18.0 Å². The molecule has 1 unspecified atom stereocenters. The van der Waals surface area contributed by atoms with Crippen LogP contribution >= 0.6 is 0 Å². The molecule has 1 aliphatic rings. The van der Waals surface area contributed by atoms with Gasteiger partial charge in [0.25, 0.3) is 5.91 Å². The number of nitrogens with zero attached hydrogens (tertiary/aromatic N) is 1. The molecule has 0 spiro atoms. The number of carbonyl (C=O) groups excluding carboxylic acids is 1. The van der Waals surface area contributed by atoms with Gasteiger partial charge in [-0.2, -0.15) is 0 Å². The van der Waals surface area contributed by atoms with Crippen LogP contribution in [-0.4, -0.2) is 24.8 Å². The quantitative estimate of drug-likeness (QED) is 0.723. The van der Waals surface area contributed by atoms with Gasteiger partial charge in [-0.25, -0.2) is 0 Å². The van der Waals surface area contributed by atoms with Crippen molar-refractivity contribution in [2.45, 2.75) is 25.8 Å². The lowest BCUT2D eigenvalue weighted by molar-refractivity contribution is -0.123. The molecule has 2 rings (SSSR count). The number of hydrogen-bond acceptors (Lipinski definition) is 3. The summed E-state index contributed by atoms with van der Waals surface area (Å²) in [7, 11) is 5.46. The highest BCUT2D eigenvalue weighted by molar-refractivity contribution is 6.08. The number of rotatable bonds is 2. The van der Waals surface area contributed by atoms with Crippen molar-refractivity contribution in [3.8, 4) is 5.75 Å². The number of amides is 1. The first kappa shape index (κ1) is 10.0. The van der Waals surface area contributed by atoms with Gasteiger partial charge < -0.3 is 10.1 Å². The molecule has 2 radical (unpaired) electrons. The van der Waals surface area contributed by atoms with E-state index in [1.54, 1.807) is 12.3 Å². The fourth-order valence-corrected chi connectivity index (χ4v) is 1.48. The first-order chi connectivity index (χ1) is 7.24. The summed E-state index contributed by atoms with van der Waals surface area (Å²) in [6, 6.07) is 1.74. The van der Waals surface area contributed by atoms with E-state index in [0.29, 0.717) is 24.2 Å². The maximum Gasteiger partial charge on any atom is 0.265 e. The van der Waals surface area contributed by atoms with E-state index in [-0.39, 0.29) is 5.91 Å². The molecule has 0 saturated heterocycles. The molecule has 4 nitrogen and oxygen atoms in total. The molecular formula is C10H11BN2O2. The van der Waals surface area contributed by atoms with Crippen molar-refractivity contribution >= 4 is 19.4 Å². The molecule has 2 heterocycles. The lowest BCUT2D eigenvalue weighted by Crippen LogP contribution is -2.36. The van der Waals surface area contributed by atoms with Crippen LogP contribution in [0.1, 0.15) is 19.0 Å². The maximum atomic E-state index is 11.5. The zero-order valence-electron chi connectivity index (χ0n) is 8.49. The number of pyridine rings is 1. The molecule has 1 amide bonds.